The third kappa shape index (κ3) is 6.13. The molecule has 0 aliphatic carbocycles. The molecule has 158 valence electrons. The summed E-state index contributed by atoms with van der Waals surface area (Å²) in [7, 11) is 0. The number of amides is 2. The van der Waals surface area contributed by atoms with Gasteiger partial charge < -0.3 is 10.6 Å². The molecule has 0 saturated heterocycles. The van der Waals surface area contributed by atoms with Gasteiger partial charge in [-0.15, -0.1) is 11.8 Å². The highest BCUT2D eigenvalue weighted by Crippen LogP contribution is 2.28. The minimum atomic E-state index is -0.517. The van der Waals surface area contributed by atoms with Crippen molar-refractivity contribution in [3.05, 3.63) is 88.7 Å². The fraction of sp³-hybridized carbons (Fsp3) is 0.136. The zero-order valence-electron chi connectivity index (χ0n) is 16.6. The predicted molar refractivity (Wildman–Crippen MR) is 120 cm³/mol. The summed E-state index contributed by atoms with van der Waals surface area (Å²) in [6, 6.07) is 16.0. The molecule has 0 saturated carbocycles. The number of carbonyl (C=O) groups is 2. The normalized spacial score (nSPS) is 11.4. The molecular weight excluding hydrogens is 416 g/mol. The summed E-state index contributed by atoms with van der Waals surface area (Å²) in [6.07, 6.45) is 3.85. The number of nitrogens with one attached hydrogen (secondary N) is 2. The van der Waals surface area contributed by atoms with E-state index in [1.165, 1.54) is 36.0 Å². The first-order valence-electron chi connectivity index (χ1n) is 9.49. The molecule has 2 aromatic carbocycles. The quantitative estimate of drug-likeness (QED) is 0.299. The first-order chi connectivity index (χ1) is 15.0. The lowest BCUT2D eigenvalue weighted by Crippen LogP contribution is -2.24. The number of anilines is 2. The van der Waals surface area contributed by atoms with Crippen molar-refractivity contribution in [1.29, 1.82) is 0 Å². The highest BCUT2D eigenvalue weighted by molar-refractivity contribution is 8.00. The number of hydrogen-bond acceptors (Lipinski definition) is 6. The van der Waals surface area contributed by atoms with E-state index in [-0.39, 0.29) is 22.8 Å². The molecule has 0 bridgehead atoms. The molecule has 8 nitrogen and oxygen atoms in total. The van der Waals surface area contributed by atoms with Crippen LogP contribution >= 0.6 is 11.8 Å². The number of nitro groups is 1. The standard InChI is InChI=1S/C22H20N4O4S/c1-2-20(22(28)24-16-10-12-23-13-11-16)31-19-5-3-4-17(14-19)25-21(27)15-6-8-18(9-7-15)26(29)30/h3-14,20H,2H2,1H3,(H,25,27)(H,23,24,28). The van der Waals surface area contributed by atoms with Crippen LogP contribution in [0.5, 0.6) is 0 Å². The molecule has 9 heteroatoms. The predicted octanol–water partition coefficient (Wildman–Crippen LogP) is 4.75. The monoisotopic (exact) mass is 436 g/mol. The van der Waals surface area contributed by atoms with E-state index in [0.717, 1.165) is 4.90 Å². The SMILES string of the molecule is CCC(Sc1cccc(NC(=O)c2ccc([N+](=O)[O-])cc2)c1)C(=O)Nc1ccncc1. The molecule has 3 rings (SSSR count). The Bertz CT molecular complexity index is 1070. The van der Waals surface area contributed by atoms with Gasteiger partial charge >= 0.3 is 0 Å². The van der Waals surface area contributed by atoms with Crippen LogP contribution in [0.1, 0.15) is 23.7 Å². The summed E-state index contributed by atoms with van der Waals surface area (Å²) < 4.78 is 0. The van der Waals surface area contributed by atoms with E-state index in [1.54, 1.807) is 42.7 Å². The molecule has 0 fully saturated rings. The maximum atomic E-state index is 12.6. The highest BCUT2D eigenvalue weighted by Gasteiger charge is 2.18. The first kappa shape index (κ1) is 22.0. The van der Waals surface area contributed by atoms with Gasteiger partial charge in [-0.2, -0.15) is 0 Å². The van der Waals surface area contributed by atoms with Gasteiger partial charge in [-0.1, -0.05) is 13.0 Å². The second kappa shape index (κ2) is 10.4. The fourth-order valence-electron chi connectivity index (χ4n) is 2.73. The lowest BCUT2D eigenvalue weighted by molar-refractivity contribution is -0.384. The van der Waals surface area contributed by atoms with E-state index >= 15 is 0 Å². The van der Waals surface area contributed by atoms with Crippen molar-refractivity contribution >= 4 is 40.6 Å². The second-order valence-electron chi connectivity index (χ2n) is 6.53. The van der Waals surface area contributed by atoms with E-state index < -0.39 is 4.92 Å². The van der Waals surface area contributed by atoms with Crippen LogP contribution in [0.4, 0.5) is 17.1 Å². The maximum Gasteiger partial charge on any atom is 0.269 e. The van der Waals surface area contributed by atoms with Crippen LogP contribution in [0.25, 0.3) is 0 Å². The number of thioether (sulfide) groups is 1. The van der Waals surface area contributed by atoms with E-state index in [4.69, 9.17) is 0 Å². The summed E-state index contributed by atoms with van der Waals surface area (Å²) in [6.45, 7) is 1.93. The Morgan fingerprint density at radius 1 is 1.03 bits per heavy atom. The zero-order valence-corrected chi connectivity index (χ0v) is 17.5. The topological polar surface area (TPSA) is 114 Å². The van der Waals surface area contributed by atoms with Crippen molar-refractivity contribution in [3.8, 4) is 0 Å². The third-order valence-electron chi connectivity index (χ3n) is 4.32. The van der Waals surface area contributed by atoms with Crippen molar-refractivity contribution in [2.75, 3.05) is 10.6 Å². The van der Waals surface area contributed by atoms with Crippen LogP contribution in [-0.2, 0) is 4.79 Å². The summed E-state index contributed by atoms with van der Waals surface area (Å²) in [4.78, 5) is 40.0. The minimum absolute atomic E-state index is 0.0782. The number of rotatable bonds is 8. The van der Waals surface area contributed by atoms with Gasteiger partial charge in [0.1, 0.15) is 0 Å². The van der Waals surface area contributed by atoms with Gasteiger partial charge in [-0.05, 0) is 48.9 Å². The molecule has 0 spiro atoms. The maximum absolute atomic E-state index is 12.6. The number of benzene rings is 2. The Balaban J connectivity index is 1.65. The molecule has 1 heterocycles. The van der Waals surface area contributed by atoms with E-state index in [0.29, 0.717) is 23.4 Å². The van der Waals surface area contributed by atoms with Crippen LogP contribution < -0.4 is 10.6 Å². The van der Waals surface area contributed by atoms with Crippen molar-refractivity contribution in [3.63, 3.8) is 0 Å². The molecule has 1 unspecified atom stereocenters. The highest BCUT2D eigenvalue weighted by atomic mass is 32.2. The van der Waals surface area contributed by atoms with Crippen molar-refractivity contribution in [2.24, 2.45) is 0 Å². The largest absolute Gasteiger partial charge is 0.325 e. The molecular formula is C22H20N4O4S. The van der Waals surface area contributed by atoms with Crippen LogP contribution in [0.15, 0.2) is 78.0 Å². The lowest BCUT2D eigenvalue weighted by atomic mass is 10.2. The van der Waals surface area contributed by atoms with E-state index in [2.05, 4.69) is 15.6 Å². The number of aromatic nitrogens is 1. The number of nitrogens with zero attached hydrogens (tertiary/aromatic N) is 2. The van der Waals surface area contributed by atoms with Crippen molar-refractivity contribution < 1.29 is 14.5 Å². The Morgan fingerprint density at radius 3 is 2.39 bits per heavy atom. The zero-order chi connectivity index (χ0) is 22.2. The van der Waals surface area contributed by atoms with Crippen LogP contribution in [0.3, 0.4) is 0 Å². The Morgan fingerprint density at radius 2 is 1.74 bits per heavy atom. The first-order valence-corrected chi connectivity index (χ1v) is 10.4. The van der Waals surface area contributed by atoms with Crippen LogP contribution in [-0.4, -0.2) is 27.0 Å². The van der Waals surface area contributed by atoms with E-state index in [1.807, 2.05) is 13.0 Å². The van der Waals surface area contributed by atoms with Gasteiger partial charge in [0.15, 0.2) is 0 Å². The average Bonchev–Trinajstić information content (AvgIpc) is 2.78. The molecule has 2 amide bonds. The van der Waals surface area contributed by atoms with Gasteiger partial charge in [0.2, 0.25) is 5.91 Å². The molecule has 3 aromatic rings. The summed E-state index contributed by atoms with van der Waals surface area (Å²) >= 11 is 1.40. The van der Waals surface area contributed by atoms with Crippen LogP contribution in [0, 0.1) is 10.1 Å². The van der Waals surface area contributed by atoms with E-state index in [9.17, 15) is 19.7 Å². The minimum Gasteiger partial charge on any atom is -0.325 e. The smallest absolute Gasteiger partial charge is 0.269 e. The second-order valence-corrected chi connectivity index (χ2v) is 7.80. The summed E-state index contributed by atoms with van der Waals surface area (Å²) in [5.74, 6) is -0.487. The summed E-state index contributed by atoms with van der Waals surface area (Å²) in [5.41, 5.74) is 1.48. The van der Waals surface area contributed by atoms with Gasteiger partial charge in [0, 0.05) is 46.4 Å². The molecule has 2 N–H and O–H groups in total. The van der Waals surface area contributed by atoms with Crippen molar-refractivity contribution in [1.82, 2.24) is 4.98 Å². The lowest BCUT2D eigenvalue weighted by Gasteiger charge is -2.15. The molecule has 0 radical (unpaired) electrons. The van der Waals surface area contributed by atoms with Gasteiger partial charge in [-0.3, -0.25) is 24.7 Å². The summed E-state index contributed by atoms with van der Waals surface area (Å²) in [5, 5.41) is 16.1. The average molecular weight is 436 g/mol. The fourth-order valence-corrected chi connectivity index (χ4v) is 3.74. The molecule has 0 aliphatic rings. The number of non-ortho nitro benzene ring substituents is 1. The Labute approximate surface area is 183 Å². The Kier molecular flexibility index (Phi) is 7.34. The molecule has 1 atom stereocenters. The number of carbonyl (C=O) groups excluding carboxylic acids is 2. The van der Waals surface area contributed by atoms with Crippen molar-refractivity contribution in [2.45, 2.75) is 23.5 Å². The van der Waals surface area contributed by atoms with Gasteiger partial charge in [0.05, 0.1) is 10.2 Å². The van der Waals surface area contributed by atoms with Crippen LogP contribution in [0.2, 0.25) is 0 Å². The number of nitro benzene ring substituents is 1. The number of hydrogen-bond donors (Lipinski definition) is 2. The third-order valence-corrected chi connectivity index (χ3v) is 5.68. The molecule has 1 aromatic heterocycles. The molecule has 31 heavy (non-hydrogen) atoms. The molecule has 0 aliphatic heterocycles. The van der Waals surface area contributed by atoms with Gasteiger partial charge in [-0.25, -0.2) is 0 Å². The Hall–Kier alpha value is -3.72. The van der Waals surface area contributed by atoms with Gasteiger partial charge in [0.25, 0.3) is 11.6 Å². The number of pyridine rings is 1.